The van der Waals surface area contributed by atoms with Crippen molar-refractivity contribution >= 4 is 14.9 Å². The van der Waals surface area contributed by atoms with Crippen LogP contribution in [0.25, 0.3) is 6.08 Å². The first-order valence-corrected chi connectivity index (χ1v) is 4.30. The lowest BCUT2D eigenvalue weighted by molar-refractivity contribution is -0.705. The van der Waals surface area contributed by atoms with Gasteiger partial charge in [0.2, 0.25) is 0 Å². The monoisotopic (exact) mass is 166 g/mol. The average molecular weight is 166 g/mol. The van der Waals surface area contributed by atoms with Crippen LogP contribution in [-0.2, 0) is 4.30 Å². The lowest BCUT2D eigenvalue weighted by Gasteiger charge is -2.26. The maximum Gasteiger partial charge on any atom is 0.272 e. The molecule has 1 aromatic rings. The average Bonchev–Trinajstić information content (AvgIpc) is 2.06. The SMILES string of the molecule is [O-][O+]1PC=Cc2ccccc21. The summed E-state index contributed by atoms with van der Waals surface area (Å²) in [6.45, 7) is 0. The number of para-hydroxylation sites is 1. The van der Waals surface area contributed by atoms with E-state index < -0.39 is 0 Å². The normalized spacial score (nSPS) is 17.0. The number of hydrogen-bond acceptors (Lipinski definition) is 1. The first kappa shape index (κ1) is 6.84. The molecule has 11 heavy (non-hydrogen) atoms. The van der Waals surface area contributed by atoms with E-state index in [1.54, 1.807) is 4.30 Å². The van der Waals surface area contributed by atoms with Crippen molar-refractivity contribution in [1.29, 1.82) is 0 Å². The van der Waals surface area contributed by atoms with Crippen molar-refractivity contribution in [3.05, 3.63) is 35.6 Å². The molecule has 0 amide bonds. The van der Waals surface area contributed by atoms with E-state index in [0.29, 0.717) is 5.75 Å². The van der Waals surface area contributed by atoms with Crippen LogP contribution in [-0.4, -0.2) is 0 Å². The van der Waals surface area contributed by atoms with Crippen LogP contribution in [0.4, 0.5) is 0 Å². The molecule has 0 aliphatic carbocycles. The second-order valence-electron chi connectivity index (χ2n) is 2.26. The molecule has 0 bridgehead atoms. The molecule has 56 valence electrons. The van der Waals surface area contributed by atoms with Gasteiger partial charge in [0.15, 0.2) is 0 Å². The van der Waals surface area contributed by atoms with Crippen molar-refractivity contribution in [2.24, 2.45) is 0 Å². The second kappa shape index (κ2) is 2.65. The summed E-state index contributed by atoms with van der Waals surface area (Å²) in [4.78, 5) is 0. The van der Waals surface area contributed by atoms with Gasteiger partial charge in [-0.1, -0.05) is 12.1 Å². The molecular weight excluding hydrogens is 159 g/mol. The molecule has 1 aromatic carbocycles. The highest BCUT2D eigenvalue weighted by Crippen LogP contribution is 2.41. The summed E-state index contributed by atoms with van der Waals surface area (Å²) in [6.07, 6.45) is 1.97. The standard InChI is InChI=1S/C8H7O2P/c9-10-8-4-2-1-3-7(8)5-6-11-10/h1-6,11H. The van der Waals surface area contributed by atoms with Gasteiger partial charge in [-0.2, -0.15) is 0 Å². The Bertz CT molecular complexity index is 296. The van der Waals surface area contributed by atoms with E-state index >= 15 is 0 Å². The van der Waals surface area contributed by atoms with Gasteiger partial charge in [0.1, 0.15) is 0 Å². The van der Waals surface area contributed by atoms with Crippen molar-refractivity contribution < 1.29 is 9.56 Å². The molecule has 0 fully saturated rings. The van der Waals surface area contributed by atoms with Crippen LogP contribution >= 0.6 is 8.81 Å². The quantitative estimate of drug-likeness (QED) is 0.328. The van der Waals surface area contributed by atoms with Gasteiger partial charge in [-0.25, -0.2) is 0 Å². The zero-order chi connectivity index (χ0) is 7.68. The van der Waals surface area contributed by atoms with Gasteiger partial charge < -0.3 is 9.56 Å². The van der Waals surface area contributed by atoms with Crippen LogP contribution in [0.3, 0.4) is 0 Å². The minimum absolute atomic E-state index is 0.156. The van der Waals surface area contributed by atoms with Crippen molar-refractivity contribution in [3.8, 4) is 5.75 Å². The number of benzene rings is 1. The van der Waals surface area contributed by atoms with Gasteiger partial charge in [0, 0.05) is 11.9 Å². The van der Waals surface area contributed by atoms with Crippen LogP contribution < -0.4 is 5.26 Å². The molecule has 0 aromatic heterocycles. The second-order valence-corrected chi connectivity index (χ2v) is 3.20. The largest absolute Gasteiger partial charge is 0.557 e. The molecular formula is C8H7O2P. The molecule has 0 saturated heterocycles. The molecule has 0 spiro atoms. The summed E-state index contributed by atoms with van der Waals surface area (Å²) >= 11 is 0. The van der Waals surface area contributed by atoms with E-state index in [9.17, 15) is 5.26 Å². The topological polar surface area (TPSA) is 25.8 Å². The number of fused-ring (bicyclic) bond motifs is 1. The highest BCUT2D eigenvalue weighted by molar-refractivity contribution is 7.37. The summed E-state index contributed by atoms with van der Waals surface area (Å²) in [7, 11) is 0.156. The summed E-state index contributed by atoms with van der Waals surface area (Å²) in [5.41, 5.74) is 0.978. The maximum atomic E-state index is 11.1. The van der Waals surface area contributed by atoms with E-state index in [1.807, 2.05) is 36.2 Å². The first-order valence-electron chi connectivity index (χ1n) is 3.31. The van der Waals surface area contributed by atoms with Gasteiger partial charge in [-0.05, 0) is 12.1 Å². The highest BCUT2D eigenvalue weighted by atomic mass is 31.1. The zero-order valence-corrected chi connectivity index (χ0v) is 6.78. The van der Waals surface area contributed by atoms with Gasteiger partial charge in [0.05, 0.1) is 5.56 Å². The van der Waals surface area contributed by atoms with E-state index in [2.05, 4.69) is 0 Å². The molecule has 1 atom stereocenters. The summed E-state index contributed by atoms with van der Waals surface area (Å²) in [6, 6.07) is 7.52. The lowest BCUT2D eigenvalue weighted by atomic mass is 10.2. The maximum absolute atomic E-state index is 11.1. The molecule has 0 radical (unpaired) electrons. The zero-order valence-electron chi connectivity index (χ0n) is 5.78. The van der Waals surface area contributed by atoms with E-state index in [1.165, 1.54) is 0 Å². The lowest BCUT2D eigenvalue weighted by Crippen LogP contribution is -2.12. The molecule has 0 N–H and O–H groups in total. The Morgan fingerprint density at radius 1 is 1.27 bits per heavy atom. The van der Waals surface area contributed by atoms with E-state index in [4.69, 9.17) is 0 Å². The minimum atomic E-state index is 0.156. The van der Waals surface area contributed by atoms with Crippen molar-refractivity contribution in [2.45, 2.75) is 0 Å². The van der Waals surface area contributed by atoms with E-state index in [0.717, 1.165) is 5.56 Å². The number of rotatable bonds is 0. The fourth-order valence-corrected chi connectivity index (χ4v) is 1.72. The Labute approximate surface area is 66.6 Å². The van der Waals surface area contributed by atoms with Crippen molar-refractivity contribution in [1.82, 2.24) is 0 Å². The van der Waals surface area contributed by atoms with Gasteiger partial charge in [-0.3, -0.25) is 0 Å². The molecule has 1 unspecified atom stereocenters. The Kier molecular flexibility index (Phi) is 1.65. The first-order chi connectivity index (χ1) is 5.38. The van der Waals surface area contributed by atoms with Crippen LogP contribution in [0.1, 0.15) is 5.56 Å². The van der Waals surface area contributed by atoms with Crippen LogP contribution in [0.5, 0.6) is 5.75 Å². The van der Waals surface area contributed by atoms with Crippen LogP contribution in [0.15, 0.2) is 30.1 Å². The fraction of sp³-hybridized carbons (Fsp3) is 0. The van der Waals surface area contributed by atoms with Crippen LogP contribution in [0, 0.1) is 0 Å². The predicted molar refractivity (Wildman–Crippen MR) is 44.3 cm³/mol. The summed E-state index contributed by atoms with van der Waals surface area (Å²) in [5, 5.41) is 11.1. The smallest absolute Gasteiger partial charge is 0.272 e. The molecule has 2 nitrogen and oxygen atoms in total. The molecule has 1 aliphatic rings. The van der Waals surface area contributed by atoms with E-state index in [-0.39, 0.29) is 8.81 Å². The van der Waals surface area contributed by atoms with Crippen molar-refractivity contribution in [2.75, 3.05) is 0 Å². The van der Waals surface area contributed by atoms with Crippen molar-refractivity contribution in [3.63, 3.8) is 0 Å². The number of hydrogen-bond donors (Lipinski definition) is 0. The molecule has 1 aliphatic heterocycles. The molecule has 3 heteroatoms. The third kappa shape index (κ3) is 1.15. The summed E-state index contributed by atoms with van der Waals surface area (Å²) in [5.74, 6) is 2.56. The van der Waals surface area contributed by atoms with Gasteiger partial charge >= 0.3 is 0 Å². The molecule has 0 saturated carbocycles. The Balaban J connectivity index is 2.54. The minimum Gasteiger partial charge on any atom is -0.557 e. The van der Waals surface area contributed by atoms with Gasteiger partial charge in [-0.15, -0.1) is 0 Å². The van der Waals surface area contributed by atoms with Gasteiger partial charge in [0.25, 0.3) is 14.6 Å². The Hall–Kier alpha value is -0.850. The highest BCUT2D eigenvalue weighted by Gasteiger charge is 2.12. The molecule has 1 heterocycles. The predicted octanol–water partition coefficient (Wildman–Crippen LogP) is 1.81. The third-order valence-corrected chi connectivity index (χ3v) is 2.29. The molecule has 2 rings (SSSR count). The summed E-state index contributed by atoms with van der Waals surface area (Å²) < 4.78 is 1.79. The Morgan fingerprint density at radius 2 is 2.09 bits per heavy atom. The fourth-order valence-electron chi connectivity index (χ4n) is 1.04. The Morgan fingerprint density at radius 3 is 2.91 bits per heavy atom. The van der Waals surface area contributed by atoms with Crippen LogP contribution in [0.2, 0.25) is 0 Å². The third-order valence-electron chi connectivity index (χ3n) is 1.56.